The van der Waals surface area contributed by atoms with Crippen molar-refractivity contribution >= 4 is 28.9 Å². The van der Waals surface area contributed by atoms with Gasteiger partial charge in [-0.3, -0.25) is 9.89 Å². The fourth-order valence-electron chi connectivity index (χ4n) is 3.07. The predicted molar refractivity (Wildman–Crippen MR) is 110 cm³/mol. The highest BCUT2D eigenvalue weighted by molar-refractivity contribution is 7.99. The third-order valence-electron chi connectivity index (χ3n) is 4.37. The van der Waals surface area contributed by atoms with Crippen LogP contribution in [-0.2, 0) is 0 Å². The van der Waals surface area contributed by atoms with Crippen molar-refractivity contribution in [2.45, 2.75) is 19.0 Å². The summed E-state index contributed by atoms with van der Waals surface area (Å²) in [5.74, 6) is 0.677. The maximum absolute atomic E-state index is 13.2. The third-order valence-corrected chi connectivity index (χ3v) is 6.09. The van der Waals surface area contributed by atoms with Crippen LogP contribution in [0.25, 0.3) is 16.4 Å². The van der Waals surface area contributed by atoms with Gasteiger partial charge in [0.25, 0.3) is 0 Å². The second-order valence-electron chi connectivity index (χ2n) is 6.25. The third kappa shape index (κ3) is 3.65. The summed E-state index contributed by atoms with van der Waals surface area (Å²) in [6.07, 6.45) is 0. The van der Waals surface area contributed by atoms with Crippen LogP contribution in [0.1, 0.15) is 21.7 Å². The summed E-state index contributed by atoms with van der Waals surface area (Å²) in [5, 5.41) is 9.61. The minimum atomic E-state index is -0.285. The maximum Gasteiger partial charge on any atom is 0.209 e. The quantitative estimate of drug-likeness (QED) is 0.355. The number of thiophene rings is 1. The molecule has 0 aliphatic carbocycles. The fraction of sp³-hybridized carbons (Fsp3) is 0.150. The van der Waals surface area contributed by atoms with Crippen molar-refractivity contribution in [2.75, 3.05) is 5.75 Å². The van der Waals surface area contributed by atoms with Gasteiger partial charge in [0.2, 0.25) is 5.16 Å². The van der Waals surface area contributed by atoms with E-state index in [4.69, 9.17) is 0 Å². The normalized spacial score (nSPS) is 11.1. The van der Waals surface area contributed by atoms with Crippen LogP contribution in [0.5, 0.6) is 0 Å². The molecule has 1 N–H and O–H groups in total. The summed E-state index contributed by atoms with van der Waals surface area (Å²) in [6, 6.07) is 12.0. The minimum absolute atomic E-state index is 0.00827. The van der Waals surface area contributed by atoms with Crippen LogP contribution < -0.4 is 0 Å². The SMILES string of the molecule is Cc1cc(C(=O)CSc2n[nH]c(-c3cccs3)n2)c(C)n1-c1ccc(F)cc1. The largest absolute Gasteiger partial charge is 0.318 e. The van der Waals surface area contributed by atoms with Crippen molar-refractivity contribution in [3.05, 3.63) is 70.6 Å². The summed E-state index contributed by atoms with van der Waals surface area (Å²) in [6.45, 7) is 3.83. The number of aryl methyl sites for hydroxylation is 1. The molecule has 8 heteroatoms. The Balaban J connectivity index is 1.50. The number of carbonyl (C=O) groups is 1. The van der Waals surface area contributed by atoms with Gasteiger partial charge in [-0.15, -0.1) is 16.4 Å². The first-order valence-electron chi connectivity index (χ1n) is 8.60. The Morgan fingerprint density at radius 1 is 1.25 bits per heavy atom. The molecule has 0 radical (unpaired) electrons. The number of carbonyl (C=O) groups excluding carboxylic acids is 1. The number of aromatic amines is 1. The zero-order chi connectivity index (χ0) is 19.7. The van der Waals surface area contributed by atoms with E-state index in [0.717, 1.165) is 22.0 Å². The Bertz CT molecular complexity index is 1110. The van der Waals surface area contributed by atoms with Gasteiger partial charge in [0.1, 0.15) is 5.82 Å². The maximum atomic E-state index is 13.2. The summed E-state index contributed by atoms with van der Waals surface area (Å²) in [5.41, 5.74) is 3.25. The highest BCUT2D eigenvalue weighted by Crippen LogP contribution is 2.25. The highest BCUT2D eigenvalue weighted by Gasteiger charge is 2.18. The molecular formula is C20H17FN4OS2. The number of halogens is 1. The number of nitrogens with zero attached hydrogens (tertiary/aromatic N) is 3. The van der Waals surface area contributed by atoms with Crippen molar-refractivity contribution in [1.29, 1.82) is 0 Å². The van der Waals surface area contributed by atoms with Crippen molar-refractivity contribution < 1.29 is 9.18 Å². The number of ketones is 1. The number of benzene rings is 1. The lowest BCUT2D eigenvalue weighted by molar-refractivity contribution is 0.102. The number of hydrogen-bond donors (Lipinski definition) is 1. The summed E-state index contributed by atoms with van der Waals surface area (Å²) in [7, 11) is 0. The summed E-state index contributed by atoms with van der Waals surface area (Å²) in [4.78, 5) is 18.2. The van der Waals surface area contributed by atoms with E-state index in [9.17, 15) is 9.18 Å². The van der Waals surface area contributed by atoms with Crippen LogP contribution in [-0.4, -0.2) is 31.3 Å². The van der Waals surface area contributed by atoms with Crippen molar-refractivity contribution in [2.24, 2.45) is 0 Å². The first-order valence-corrected chi connectivity index (χ1v) is 10.5. The topological polar surface area (TPSA) is 63.6 Å². The number of thioether (sulfide) groups is 1. The molecule has 3 heterocycles. The smallest absolute Gasteiger partial charge is 0.209 e. The van der Waals surface area contributed by atoms with Crippen LogP contribution in [0.2, 0.25) is 0 Å². The van der Waals surface area contributed by atoms with E-state index in [1.807, 2.05) is 42.0 Å². The monoisotopic (exact) mass is 412 g/mol. The van der Waals surface area contributed by atoms with Gasteiger partial charge in [0.05, 0.1) is 10.6 Å². The molecule has 0 saturated heterocycles. The zero-order valence-corrected chi connectivity index (χ0v) is 16.9. The Hall–Kier alpha value is -2.71. The number of Topliss-reactive ketones (excluding diaryl/α,β-unsaturated/α-hetero) is 1. The van der Waals surface area contributed by atoms with Crippen LogP contribution in [0.15, 0.2) is 53.0 Å². The Morgan fingerprint density at radius 2 is 2.04 bits per heavy atom. The van der Waals surface area contributed by atoms with Gasteiger partial charge >= 0.3 is 0 Å². The predicted octanol–water partition coefficient (Wildman–Crippen LogP) is 5.05. The van der Waals surface area contributed by atoms with Crippen LogP contribution in [0.4, 0.5) is 4.39 Å². The molecule has 0 spiro atoms. The highest BCUT2D eigenvalue weighted by atomic mass is 32.2. The first kappa shape index (κ1) is 18.6. The van der Waals surface area contributed by atoms with Crippen molar-refractivity contribution in [1.82, 2.24) is 19.7 Å². The van der Waals surface area contributed by atoms with E-state index in [-0.39, 0.29) is 17.4 Å². The second-order valence-corrected chi connectivity index (χ2v) is 8.14. The van der Waals surface area contributed by atoms with Gasteiger partial charge in [0, 0.05) is 22.6 Å². The Morgan fingerprint density at radius 3 is 2.75 bits per heavy atom. The Kier molecular flexibility index (Phi) is 5.15. The molecular weight excluding hydrogens is 395 g/mol. The molecule has 28 heavy (non-hydrogen) atoms. The molecule has 0 aliphatic heterocycles. The molecule has 0 atom stereocenters. The molecule has 5 nitrogen and oxygen atoms in total. The molecule has 0 fully saturated rings. The lowest BCUT2D eigenvalue weighted by Crippen LogP contribution is -2.05. The van der Waals surface area contributed by atoms with Gasteiger partial charge in [-0.2, -0.15) is 0 Å². The molecule has 0 bridgehead atoms. The lowest BCUT2D eigenvalue weighted by Gasteiger charge is -2.09. The number of H-pyrrole nitrogens is 1. The molecule has 142 valence electrons. The van der Waals surface area contributed by atoms with Crippen molar-refractivity contribution in [3.63, 3.8) is 0 Å². The van der Waals surface area contributed by atoms with Gasteiger partial charge < -0.3 is 4.57 Å². The van der Waals surface area contributed by atoms with Crippen LogP contribution >= 0.6 is 23.1 Å². The second kappa shape index (κ2) is 7.73. The molecule has 3 aromatic heterocycles. The molecule has 0 amide bonds. The van der Waals surface area contributed by atoms with E-state index in [1.54, 1.807) is 23.5 Å². The van der Waals surface area contributed by atoms with E-state index in [0.29, 0.717) is 16.5 Å². The molecule has 4 aromatic rings. The molecule has 4 rings (SSSR count). The number of aromatic nitrogens is 4. The van der Waals surface area contributed by atoms with E-state index in [1.165, 1.54) is 23.9 Å². The van der Waals surface area contributed by atoms with E-state index >= 15 is 0 Å². The van der Waals surface area contributed by atoms with Crippen LogP contribution in [0.3, 0.4) is 0 Å². The zero-order valence-electron chi connectivity index (χ0n) is 15.3. The molecule has 0 unspecified atom stereocenters. The molecule has 1 aromatic carbocycles. The van der Waals surface area contributed by atoms with Crippen molar-refractivity contribution in [3.8, 4) is 16.4 Å². The number of hydrogen-bond acceptors (Lipinski definition) is 5. The molecule has 0 aliphatic rings. The summed E-state index contributed by atoms with van der Waals surface area (Å²) >= 11 is 2.89. The van der Waals surface area contributed by atoms with Gasteiger partial charge in [-0.1, -0.05) is 17.8 Å². The average Bonchev–Trinajstić information content (AvgIpc) is 3.41. The lowest BCUT2D eigenvalue weighted by atomic mass is 10.2. The van der Waals surface area contributed by atoms with E-state index in [2.05, 4.69) is 15.2 Å². The minimum Gasteiger partial charge on any atom is -0.318 e. The van der Waals surface area contributed by atoms with Crippen LogP contribution in [0, 0.1) is 19.7 Å². The Labute approximate surface area is 169 Å². The van der Waals surface area contributed by atoms with E-state index < -0.39 is 0 Å². The fourth-order valence-corrected chi connectivity index (χ4v) is 4.42. The summed E-state index contributed by atoms with van der Waals surface area (Å²) < 4.78 is 15.2. The van der Waals surface area contributed by atoms with Gasteiger partial charge in [-0.05, 0) is 55.6 Å². The van der Waals surface area contributed by atoms with Gasteiger partial charge in [0.15, 0.2) is 11.6 Å². The standard InChI is InChI=1S/C20H17FN4OS2/c1-12-10-16(13(2)25(12)15-7-5-14(21)6-8-15)17(26)11-28-20-22-19(23-24-20)18-4-3-9-27-18/h3-10H,11H2,1-2H3,(H,22,23,24). The number of rotatable bonds is 6. The number of nitrogens with one attached hydrogen (secondary N) is 1. The molecule has 0 saturated carbocycles. The first-order chi connectivity index (χ1) is 13.5. The average molecular weight is 413 g/mol. The van der Waals surface area contributed by atoms with Gasteiger partial charge in [-0.25, -0.2) is 9.37 Å².